The van der Waals surface area contributed by atoms with E-state index < -0.39 is 11.9 Å². The fraction of sp³-hybridized carbons (Fsp3) is 0.500. The monoisotopic (exact) mass is 331 g/mol. The summed E-state index contributed by atoms with van der Waals surface area (Å²) in [6, 6.07) is 4.04. The Hall–Kier alpha value is -0.880. The van der Waals surface area contributed by atoms with E-state index in [1.54, 1.807) is 16.2 Å². The van der Waals surface area contributed by atoms with Gasteiger partial charge in [-0.2, -0.15) is 0 Å². The van der Waals surface area contributed by atoms with Crippen LogP contribution in [-0.4, -0.2) is 35.0 Å². The number of nitrogens with zero attached hydrogens (tertiary/aromatic N) is 1. The number of rotatable bonds is 4. The third-order valence-electron chi connectivity index (χ3n) is 3.13. The number of aliphatic carboxylic acids is 1. The largest absolute Gasteiger partial charge is 0.481 e. The van der Waals surface area contributed by atoms with Crippen LogP contribution >= 0.6 is 27.3 Å². The molecular formula is C12H14BrNO3S. The SMILES string of the molecule is O=C(O)C1CCN(CCc2ccc(Br)s2)C(=O)C1. The predicted molar refractivity (Wildman–Crippen MR) is 72.7 cm³/mol. The molecule has 4 nitrogen and oxygen atoms in total. The van der Waals surface area contributed by atoms with Crippen LogP contribution in [0, 0.1) is 5.92 Å². The molecule has 1 atom stereocenters. The van der Waals surface area contributed by atoms with Crippen molar-refractivity contribution in [3.05, 3.63) is 20.8 Å². The van der Waals surface area contributed by atoms with Crippen LogP contribution in [0.1, 0.15) is 17.7 Å². The highest BCUT2D eigenvalue weighted by Gasteiger charge is 2.29. The first kappa shape index (κ1) is 13.5. The van der Waals surface area contributed by atoms with E-state index >= 15 is 0 Å². The van der Waals surface area contributed by atoms with E-state index in [1.807, 2.05) is 12.1 Å². The van der Waals surface area contributed by atoms with E-state index in [1.165, 1.54) is 4.88 Å². The number of amides is 1. The summed E-state index contributed by atoms with van der Waals surface area (Å²) < 4.78 is 1.09. The van der Waals surface area contributed by atoms with E-state index in [-0.39, 0.29) is 12.3 Å². The molecule has 1 aliphatic heterocycles. The molecule has 0 bridgehead atoms. The van der Waals surface area contributed by atoms with Crippen LogP contribution in [0.25, 0.3) is 0 Å². The molecule has 0 radical (unpaired) electrons. The second-order valence-corrected chi connectivity index (χ2v) is 6.91. The van der Waals surface area contributed by atoms with E-state index in [4.69, 9.17) is 5.11 Å². The summed E-state index contributed by atoms with van der Waals surface area (Å²) in [7, 11) is 0. The number of carboxylic acid groups (broad SMARTS) is 1. The van der Waals surface area contributed by atoms with Gasteiger partial charge >= 0.3 is 5.97 Å². The molecule has 1 aromatic rings. The van der Waals surface area contributed by atoms with Crippen molar-refractivity contribution in [1.29, 1.82) is 0 Å². The molecule has 1 N–H and O–H groups in total. The van der Waals surface area contributed by atoms with Gasteiger partial charge in [0.25, 0.3) is 0 Å². The number of likely N-dealkylation sites (tertiary alicyclic amines) is 1. The Morgan fingerprint density at radius 1 is 1.56 bits per heavy atom. The standard InChI is InChI=1S/C12H14BrNO3S/c13-10-2-1-9(18-10)4-6-14-5-3-8(12(16)17)7-11(14)15/h1-2,8H,3-7H2,(H,16,17). The van der Waals surface area contributed by atoms with Crippen molar-refractivity contribution in [1.82, 2.24) is 4.90 Å². The number of halogens is 1. The summed E-state index contributed by atoms with van der Waals surface area (Å²) >= 11 is 5.07. The zero-order chi connectivity index (χ0) is 13.1. The third kappa shape index (κ3) is 3.32. The maximum absolute atomic E-state index is 11.8. The fourth-order valence-corrected chi connectivity index (χ4v) is 3.53. The van der Waals surface area contributed by atoms with Crippen LogP contribution in [0.2, 0.25) is 0 Å². The minimum atomic E-state index is -0.856. The average molecular weight is 332 g/mol. The first-order chi connectivity index (χ1) is 8.56. The van der Waals surface area contributed by atoms with Gasteiger partial charge in [0, 0.05) is 24.4 Å². The summed E-state index contributed by atoms with van der Waals surface area (Å²) in [6.07, 6.45) is 1.54. The number of hydrogen-bond donors (Lipinski definition) is 1. The Morgan fingerprint density at radius 2 is 2.33 bits per heavy atom. The van der Waals surface area contributed by atoms with Crippen molar-refractivity contribution < 1.29 is 14.7 Å². The Morgan fingerprint density at radius 3 is 2.89 bits per heavy atom. The van der Waals surface area contributed by atoms with Gasteiger partial charge in [0.15, 0.2) is 0 Å². The van der Waals surface area contributed by atoms with Crippen LogP contribution in [-0.2, 0) is 16.0 Å². The third-order valence-corrected chi connectivity index (χ3v) is 4.81. The lowest BCUT2D eigenvalue weighted by molar-refractivity contribution is -0.149. The molecule has 0 aliphatic carbocycles. The molecule has 2 heterocycles. The average Bonchev–Trinajstić information content (AvgIpc) is 2.73. The number of thiophene rings is 1. The van der Waals surface area contributed by atoms with Crippen molar-refractivity contribution in [3.8, 4) is 0 Å². The second kappa shape index (κ2) is 5.84. The van der Waals surface area contributed by atoms with Gasteiger partial charge in [0.05, 0.1) is 9.70 Å². The molecular weight excluding hydrogens is 318 g/mol. The van der Waals surface area contributed by atoms with Gasteiger partial charge in [-0.25, -0.2) is 0 Å². The Bertz CT molecular complexity index is 460. The molecule has 98 valence electrons. The number of hydrogen-bond acceptors (Lipinski definition) is 3. The first-order valence-corrected chi connectivity index (χ1v) is 7.42. The summed E-state index contributed by atoms with van der Waals surface area (Å²) in [5.74, 6) is -1.39. The highest BCUT2D eigenvalue weighted by Crippen LogP contribution is 2.24. The van der Waals surface area contributed by atoms with Crippen molar-refractivity contribution in [2.45, 2.75) is 19.3 Å². The van der Waals surface area contributed by atoms with Crippen LogP contribution in [0.4, 0.5) is 0 Å². The van der Waals surface area contributed by atoms with E-state index in [2.05, 4.69) is 15.9 Å². The smallest absolute Gasteiger partial charge is 0.307 e. The highest BCUT2D eigenvalue weighted by molar-refractivity contribution is 9.11. The zero-order valence-electron chi connectivity index (χ0n) is 9.76. The lowest BCUT2D eigenvalue weighted by Crippen LogP contribution is -2.41. The predicted octanol–water partition coefficient (Wildman–Crippen LogP) is 2.38. The van der Waals surface area contributed by atoms with Crippen LogP contribution in [0.5, 0.6) is 0 Å². The summed E-state index contributed by atoms with van der Waals surface area (Å²) in [5.41, 5.74) is 0. The number of piperidine rings is 1. The lowest BCUT2D eigenvalue weighted by atomic mass is 9.96. The topological polar surface area (TPSA) is 57.6 Å². The summed E-state index contributed by atoms with van der Waals surface area (Å²) in [5, 5.41) is 8.88. The zero-order valence-corrected chi connectivity index (χ0v) is 12.2. The molecule has 1 aliphatic rings. The van der Waals surface area contributed by atoms with E-state index in [0.29, 0.717) is 19.5 Å². The molecule has 2 rings (SSSR count). The van der Waals surface area contributed by atoms with Crippen LogP contribution < -0.4 is 0 Å². The van der Waals surface area contributed by atoms with Gasteiger partial charge in [-0.05, 0) is 40.9 Å². The summed E-state index contributed by atoms with van der Waals surface area (Å²) in [6.45, 7) is 1.24. The Labute approximate surface area is 118 Å². The molecule has 6 heteroatoms. The maximum atomic E-state index is 11.8. The lowest BCUT2D eigenvalue weighted by Gasteiger charge is -2.29. The second-order valence-electron chi connectivity index (χ2n) is 4.36. The molecule has 1 saturated heterocycles. The van der Waals surface area contributed by atoms with E-state index in [0.717, 1.165) is 10.2 Å². The minimum Gasteiger partial charge on any atom is -0.481 e. The van der Waals surface area contributed by atoms with Crippen molar-refractivity contribution >= 4 is 39.1 Å². The summed E-state index contributed by atoms with van der Waals surface area (Å²) in [4.78, 5) is 25.6. The quantitative estimate of drug-likeness (QED) is 0.921. The van der Waals surface area contributed by atoms with Crippen molar-refractivity contribution in [2.75, 3.05) is 13.1 Å². The highest BCUT2D eigenvalue weighted by atomic mass is 79.9. The van der Waals surface area contributed by atoms with Crippen LogP contribution in [0.3, 0.4) is 0 Å². The van der Waals surface area contributed by atoms with Crippen LogP contribution in [0.15, 0.2) is 15.9 Å². The molecule has 0 aromatic carbocycles. The number of carbonyl (C=O) groups excluding carboxylic acids is 1. The molecule has 18 heavy (non-hydrogen) atoms. The van der Waals surface area contributed by atoms with Gasteiger partial charge in [-0.15, -0.1) is 11.3 Å². The normalized spacial score (nSPS) is 20.2. The molecule has 0 saturated carbocycles. The van der Waals surface area contributed by atoms with Gasteiger partial charge in [0.2, 0.25) is 5.91 Å². The van der Waals surface area contributed by atoms with Crippen molar-refractivity contribution in [2.24, 2.45) is 5.92 Å². The number of carboxylic acids is 1. The molecule has 1 amide bonds. The molecule has 1 aromatic heterocycles. The molecule has 1 unspecified atom stereocenters. The van der Waals surface area contributed by atoms with E-state index in [9.17, 15) is 9.59 Å². The van der Waals surface area contributed by atoms with Gasteiger partial charge in [-0.1, -0.05) is 0 Å². The van der Waals surface area contributed by atoms with Crippen molar-refractivity contribution in [3.63, 3.8) is 0 Å². The van der Waals surface area contributed by atoms with Gasteiger partial charge < -0.3 is 10.0 Å². The Kier molecular flexibility index (Phi) is 4.40. The van der Waals surface area contributed by atoms with Gasteiger partial charge in [0.1, 0.15) is 0 Å². The minimum absolute atomic E-state index is 0.0377. The van der Waals surface area contributed by atoms with Gasteiger partial charge in [-0.3, -0.25) is 9.59 Å². The first-order valence-electron chi connectivity index (χ1n) is 5.81. The Balaban J connectivity index is 1.84. The number of carbonyl (C=O) groups is 2. The maximum Gasteiger partial charge on any atom is 0.307 e. The fourth-order valence-electron chi connectivity index (χ4n) is 2.06. The molecule has 1 fully saturated rings. The molecule has 0 spiro atoms.